The molecule has 0 spiro atoms. The van der Waals surface area contributed by atoms with E-state index in [0.29, 0.717) is 0 Å². The number of ether oxygens (including phenoxy) is 1. The first-order valence-corrected chi connectivity index (χ1v) is 3.41. The van der Waals surface area contributed by atoms with E-state index in [0.717, 1.165) is 13.0 Å². The van der Waals surface area contributed by atoms with Crippen molar-refractivity contribution in [3.63, 3.8) is 0 Å². The molecule has 0 bridgehead atoms. The zero-order chi connectivity index (χ0) is 7.11. The largest absolute Gasteiger partial charge is 0.366 e. The Kier molecular flexibility index (Phi) is 5.35. The molecular weight excluding hydrogens is 112 g/mol. The quantitative estimate of drug-likeness (QED) is 0.513. The molecule has 0 aromatic rings. The Morgan fingerprint density at radius 1 is 1.44 bits per heavy atom. The first kappa shape index (κ1) is 8.52. The molecule has 9 heavy (non-hydrogen) atoms. The Labute approximate surface area is 57.4 Å². The summed E-state index contributed by atoms with van der Waals surface area (Å²) in [6.45, 7) is 6.72. The second kappa shape index (κ2) is 5.65. The van der Waals surface area contributed by atoms with Crippen LogP contribution >= 0.6 is 0 Å². The fraction of sp³-hybridized carbons (Fsp3) is 0.750. The maximum atomic E-state index is 5.17. The van der Waals surface area contributed by atoms with Gasteiger partial charge in [0.15, 0.2) is 0 Å². The van der Waals surface area contributed by atoms with Crippen LogP contribution in [0.3, 0.4) is 0 Å². The van der Waals surface area contributed by atoms with Crippen molar-refractivity contribution in [3.8, 4) is 11.8 Å². The van der Waals surface area contributed by atoms with Crippen molar-refractivity contribution in [3.05, 3.63) is 0 Å². The molecule has 0 aromatic carbocycles. The Bertz CT molecular complexity index is 107. The van der Waals surface area contributed by atoms with E-state index in [1.807, 2.05) is 20.8 Å². The molecule has 0 aliphatic rings. The normalized spacial score (nSPS) is 11.9. The second-order valence-electron chi connectivity index (χ2n) is 1.77. The van der Waals surface area contributed by atoms with Gasteiger partial charge in [0.05, 0.1) is 0 Å². The van der Waals surface area contributed by atoms with Crippen molar-refractivity contribution in [2.75, 3.05) is 6.61 Å². The minimum Gasteiger partial charge on any atom is -0.366 e. The molecule has 0 N–H and O–H groups in total. The number of hydrogen-bond donors (Lipinski definition) is 0. The summed E-state index contributed by atoms with van der Waals surface area (Å²) in [4.78, 5) is 0. The van der Waals surface area contributed by atoms with Crippen LogP contribution in [0, 0.1) is 11.8 Å². The van der Waals surface area contributed by atoms with Crippen molar-refractivity contribution in [2.24, 2.45) is 0 Å². The molecule has 0 amide bonds. The lowest BCUT2D eigenvalue weighted by molar-refractivity contribution is 0.116. The van der Waals surface area contributed by atoms with Crippen molar-refractivity contribution in [1.82, 2.24) is 0 Å². The lowest BCUT2D eigenvalue weighted by atomic mass is 10.4. The van der Waals surface area contributed by atoms with Gasteiger partial charge in [0, 0.05) is 13.0 Å². The fourth-order valence-corrected chi connectivity index (χ4v) is 0.537. The summed E-state index contributed by atoms with van der Waals surface area (Å²) in [6, 6.07) is 0. The van der Waals surface area contributed by atoms with Crippen LogP contribution in [0.5, 0.6) is 0 Å². The summed E-state index contributed by atoms with van der Waals surface area (Å²) >= 11 is 0. The molecule has 0 rings (SSSR count). The molecule has 1 heteroatoms. The molecule has 0 aromatic heterocycles. The van der Waals surface area contributed by atoms with Gasteiger partial charge in [-0.15, -0.1) is 5.92 Å². The highest BCUT2D eigenvalue weighted by Gasteiger charge is 1.89. The summed E-state index contributed by atoms with van der Waals surface area (Å²) in [5.74, 6) is 5.92. The van der Waals surface area contributed by atoms with Crippen LogP contribution in [-0.2, 0) is 4.74 Å². The summed E-state index contributed by atoms with van der Waals surface area (Å²) < 4.78 is 5.17. The van der Waals surface area contributed by atoms with Gasteiger partial charge in [0.2, 0.25) is 0 Å². The van der Waals surface area contributed by atoms with Crippen LogP contribution in [0.15, 0.2) is 0 Å². The molecule has 1 atom stereocenters. The summed E-state index contributed by atoms with van der Waals surface area (Å²) in [7, 11) is 0. The monoisotopic (exact) mass is 126 g/mol. The van der Waals surface area contributed by atoms with Gasteiger partial charge in [-0.05, 0) is 13.8 Å². The van der Waals surface area contributed by atoms with E-state index in [9.17, 15) is 0 Å². The van der Waals surface area contributed by atoms with Crippen molar-refractivity contribution in [1.29, 1.82) is 0 Å². The van der Waals surface area contributed by atoms with Crippen molar-refractivity contribution in [2.45, 2.75) is 33.3 Å². The van der Waals surface area contributed by atoms with Gasteiger partial charge in [-0.1, -0.05) is 12.8 Å². The van der Waals surface area contributed by atoms with Crippen LogP contribution in [0.4, 0.5) is 0 Å². The molecule has 1 nitrogen and oxygen atoms in total. The zero-order valence-corrected chi connectivity index (χ0v) is 6.40. The SMILES string of the molecule is CCC#CC(C)OCC. The lowest BCUT2D eigenvalue weighted by Crippen LogP contribution is -2.03. The van der Waals surface area contributed by atoms with Crippen LogP contribution in [0.25, 0.3) is 0 Å². The smallest absolute Gasteiger partial charge is 0.115 e. The number of rotatable bonds is 2. The Morgan fingerprint density at radius 3 is 2.56 bits per heavy atom. The molecule has 1 unspecified atom stereocenters. The van der Waals surface area contributed by atoms with Gasteiger partial charge >= 0.3 is 0 Å². The maximum absolute atomic E-state index is 5.17. The minimum absolute atomic E-state index is 0.106. The molecular formula is C8H14O. The number of hydrogen-bond acceptors (Lipinski definition) is 1. The lowest BCUT2D eigenvalue weighted by Gasteiger charge is -2.00. The van der Waals surface area contributed by atoms with Crippen LogP contribution in [0.1, 0.15) is 27.2 Å². The maximum Gasteiger partial charge on any atom is 0.115 e. The van der Waals surface area contributed by atoms with Gasteiger partial charge in [-0.25, -0.2) is 0 Å². The third-order valence-electron chi connectivity index (χ3n) is 0.899. The average Bonchev–Trinajstić information content (AvgIpc) is 1.85. The van der Waals surface area contributed by atoms with Crippen LogP contribution < -0.4 is 0 Å². The summed E-state index contributed by atoms with van der Waals surface area (Å²) in [5, 5.41) is 0. The van der Waals surface area contributed by atoms with E-state index in [2.05, 4.69) is 11.8 Å². The van der Waals surface area contributed by atoms with E-state index in [1.54, 1.807) is 0 Å². The molecule has 0 aliphatic carbocycles. The molecule has 52 valence electrons. The Morgan fingerprint density at radius 2 is 2.11 bits per heavy atom. The molecule has 0 heterocycles. The third-order valence-corrected chi connectivity index (χ3v) is 0.899. The topological polar surface area (TPSA) is 9.23 Å². The predicted octanol–water partition coefficient (Wildman–Crippen LogP) is 1.82. The Balaban J connectivity index is 3.36. The first-order valence-electron chi connectivity index (χ1n) is 3.41. The summed E-state index contributed by atoms with van der Waals surface area (Å²) in [6.07, 6.45) is 1.02. The van der Waals surface area contributed by atoms with Gasteiger partial charge in [-0.2, -0.15) is 0 Å². The highest BCUT2D eigenvalue weighted by atomic mass is 16.5. The zero-order valence-electron chi connectivity index (χ0n) is 6.40. The highest BCUT2D eigenvalue weighted by molar-refractivity contribution is 5.02. The average molecular weight is 126 g/mol. The van der Waals surface area contributed by atoms with Crippen LogP contribution in [-0.4, -0.2) is 12.7 Å². The minimum atomic E-state index is 0.106. The van der Waals surface area contributed by atoms with Crippen molar-refractivity contribution >= 4 is 0 Å². The van der Waals surface area contributed by atoms with E-state index < -0.39 is 0 Å². The van der Waals surface area contributed by atoms with Crippen LogP contribution in [0.2, 0.25) is 0 Å². The highest BCUT2D eigenvalue weighted by Crippen LogP contribution is 1.86. The van der Waals surface area contributed by atoms with Gasteiger partial charge in [-0.3, -0.25) is 0 Å². The molecule has 0 fully saturated rings. The molecule has 0 aliphatic heterocycles. The molecule has 0 radical (unpaired) electrons. The van der Waals surface area contributed by atoms with Gasteiger partial charge in [0.1, 0.15) is 6.10 Å². The van der Waals surface area contributed by atoms with E-state index >= 15 is 0 Å². The predicted molar refractivity (Wildman–Crippen MR) is 39.2 cm³/mol. The fourth-order valence-electron chi connectivity index (χ4n) is 0.537. The third kappa shape index (κ3) is 5.39. The van der Waals surface area contributed by atoms with E-state index in [4.69, 9.17) is 4.74 Å². The van der Waals surface area contributed by atoms with E-state index in [-0.39, 0.29) is 6.10 Å². The molecule has 0 saturated carbocycles. The standard InChI is InChI=1S/C8H14O/c1-4-6-7-8(3)9-5-2/h8H,4-5H2,1-3H3. The Hall–Kier alpha value is -0.480. The van der Waals surface area contributed by atoms with Gasteiger partial charge in [0.25, 0.3) is 0 Å². The molecule has 0 saturated heterocycles. The van der Waals surface area contributed by atoms with E-state index in [1.165, 1.54) is 0 Å². The van der Waals surface area contributed by atoms with Crippen molar-refractivity contribution < 1.29 is 4.74 Å². The second-order valence-corrected chi connectivity index (χ2v) is 1.77. The first-order chi connectivity index (χ1) is 4.31. The summed E-state index contributed by atoms with van der Waals surface area (Å²) in [5.41, 5.74) is 0. The van der Waals surface area contributed by atoms with Gasteiger partial charge < -0.3 is 4.74 Å².